The van der Waals surface area contributed by atoms with Crippen molar-refractivity contribution in [1.82, 2.24) is 19.1 Å². The Bertz CT molecular complexity index is 1720. The summed E-state index contributed by atoms with van der Waals surface area (Å²) in [5.41, 5.74) is 1.44. The zero-order chi connectivity index (χ0) is 28.1. The van der Waals surface area contributed by atoms with Gasteiger partial charge in [-0.3, -0.25) is 4.79 Å². The fraction of sp³-hybridized carbons (Fsp3) is 0.370. The monoisotopic (exact) mass is 571 g/mol. The van der Waals surface area contributed by atoms with Crippen LogP contribution in [-0.4, -0.2) is 60.3 Å². The summed E-state index contributed by atoms with van der Waals surface area (Å²) in [6.45, 7) is 3.35. The Labute approximate surface area is 228 Å². The average Bonchev–Trinajstić information content (AvgIpc) is 3.46. The first-order valence-corrected chi connectivity index (χ1v) is 14.5. The largest absolute Gasteiger partial charge is 0.486 e. The molecule has 0 radical (unpaired) electrons. The van der Waals surface area contributed by atoms with Gasteiger partial charge in [0, 0.05) is 37.7 Å². The topological polar surface area (TPSA) is 111 Å². The van der Waals surface area contributed by atoms with Crippen LogP contribution < -0.4 is 15.2 Å². The lowest BCUT2D eigenvalue weighted by Gasteiger charge is -2.35. The number of nitrogens with zero attached hydrogens (tertiary/aromatic N) is 5. The van der Waals surface area contributed by atoms with Crippen LogP contribution in [0.2, 0.25) is 0 Å². The van der Waals surface area contributed by atoms with Gasteiger partial charge in [-0.05, 0) is 42.7 Å². The number of benzene rings is 2. The SMILES string of the molecule is CC1(COc2c(N3CCN(S(=O)(=O)Cc4ccc5ncoc5c4)CC3)cnn(-c3cc(F)cc(F)c3)c2=O)CC1. The molecule has 2 aromatic heterocycles. The number of piperazine rings is 1. The van der Waals surface area contributed by atoms with Crippen LogP contribution >= 0.6 is 0 Å². The number of anilines is 1. The van der Waals surface area contributed by atoms with Gasteiger partial charge in [-0.15, -0.1) is 0 Å². The third-order valence-corrected chi connectivity index (χ3v) is 9.24. The minimum Gasteiger partial charge on any atom is -0.486 e. The second-order valence-electron chi connectivity index (χ2n) is 10.6. The lowest BCUT2D eigenvalue weighted by Crippen LogP contribution is -2.49. The summed E-state index contributed by atoms with van der Waals surface area (Å²) in [5.74, 6) is -1.83. The summed E-state index contributed by atoms with van der Waals surface area (Å²) < 4.78 is 67.7. The fourth-order valence-electron chi connectivity index (χ4n) is 4.74. The summed E-state index contributed by atoms with van der Waals surface area (Å²) in [4.78, 5) is 19.4. The first kappa shape index (κ1) is 26.4. The molecule has 0 bridgehead atoms. The lowest BCUT2D eigenvalue weighted by atomic mass is 10.2. The van der Waals surface area contributed by atoms with Crippen LogP contribution in [0.5, 0.6) is 5.75 Å². The Morgan fingerprint density at radius 2 is 1.77 bits per heavy atom. The molecule has 10 nitrogen and oxygen atoms in total. The van der Waals surface area contributed by atoms with E-state index in [9.17, 15) is 22.0 Å². The number of ether oxygens (including phenoxy) is 1. The molecule has 0 unspecified atom stereocenters. The van der Waals surface area contributed by atoms with E-state index in [0.717, 1.165) is 29.7 Å². The van der Waals surface area contributed by atoms with Crippen molar-refractivity contribution >= 4 is 26.8 Å². The van der Waals surface area contributed by atoms with Crippen LogP contribution in [0.15, 0.2) is 58.2 Å². The average molecular weight is 572 g/mol. The first-order valence-electron chi connectivity index (χ1n) is 12.9. The van der Waals surface area contributed by atoms with Gasteiger partial charge in [0.2, 0.25) is 15.8 Å². The first-order chi connectivity index (χ1) is 19.1. The van der Waals surface area contributed by atoms with Crippen LogP contribution in [0, 0.1) is 17.0 Å². The van der Waals surface area contributed by atoms with Gasteiger partial charge in [0.05, 0.1) is 24.2 Å². The van der Waals surface area contributed by atoms with E-state index in [4.69, 9.17) is 9.15 Å². The Balaban J connectivity index is 1.23. The highest BCUT2D eigenvalue weighted by Crippen LogP contribution is 2.45. The maximum Gasteiger partial charge on any atom is 0.316 e. The van der Waals surface area contributed by atoms with Crippen molar-refractivity contribution in [2.75, 3.05) is 37.7 Å². The third-order valence-electron chi connectivity index (χ3n) is 7.39. The van der Waals surface area contributed by atoms with Crippen molar-refractivity contribution in [3.05, 3.63) is 76.5 Å². The van der Waals surface area contributed by atoms with Gasteiger partial charge in [-0.1, -0.05) is 13.0 Å². The van der Waals surface area contributed by atoms with Gasteiger partial charge in [-0.2, -0.15) is 14.1 Å². The standard InChI is InChI=1S/C27H27F2N5O5S/c1-27(4-5-27)16-38-25-23(14-31-34(26(25)35)21-12-19(28)11-20(29)13-21)32-6-8-33(9-7-32)40(36,37)15-18-2-3-22-24(10-18)39-17-30-22/h2-3,10-14,17H,4-9,15-16H2,1H3. The Morgan fingerprint density at radius 3 is 2.48 bits per heavy atom. The van der Waals surface area contributed by atoms with E-state index < -0.39 is 27.2 Å². The molecular weight excluding hydrogens is 544 g/mol. The van der Waals surface area contributed by atoms with E-state index >= 15 is 0 Å². The predicted molar refractivity (Wildman–Crippen MR) is 143 cm³/mol. The van der Waals surface area contributed by atoms with E-state index in [1.165, 1.54) is 16.9 Å². The highest BCUT2D eigenvalue weighted by molar-refractivity contribution is 7.88. The molecule has 2 aliphatic rings. The van der Waals surface area contributed by atoms with Gasteiger partial charge >= 0.3 is 5.56 Å². The molecule has 2 aromatic carbocycles. The lowest BCUT2D eigenvalue weighted by molar-refractivity contribution is 0.242. The van der Waals surface area contributed by atoms with Crippen LogP contribution in [-0.2, 0) is 15.8 Å². The summed E-state index contributed by atoms with van der Waals surface area (Å²) in [6.07, 6.45) is 4.67. The van der Waals surface area contributed by atoms with Gasteiger partial charge < -0.3 is 14.1 Å². The van der Waals surface area contributed by atoms with Crippen LogP contribution in [0.1, 0.15) is 25.3 Å². The number of aromatic nitrogens is 3. The molecule has 1 saturated heterocycles. The minimum atomic E-state index is -3.62. The molecule has 2 fully saturated rings. The number of halogens is 2. The molecule has 1 aliphatic carbocycles. The Kier molecular flexibility index (Phi) is 6.57. The maximum absolute atomic E-state index is 13.9. The van der Waals surface area contributed by atoms with E-state index in [-0.39, 0.29) is 35.7 Å². The molecule has 6 rings (SSSR count). The summed E-state index contributed by atoms with van der Waals surface area (Å²) in [5, 5.41) is 4.17. The smallest absolute Gasteiger partial charge is 0.316 e. The van der Waals surface area contributed by atoms with Crippen molar-refractivity contribution in [3.63, 3.8) is 0 Å². The maximum atomic E-state index is 13.9. The normalized spacial score (nSPS) is 17.3. The molecule has 0 amide bonds. The summed E-state index contributed by atoms with van der Waals surface area (Å²) >= 11 is 0. The van der Waals surface area contributed by atoms with Crippen molar-refractivity contribution in [2.24, 2.45) is 5.41 Å². The van der Waals surface area contributed by atoms with E-state index in [1.54, 1.807) is 18.2 Å². The minimum absolute atomic E-state index is 0.0180. The number of sulfonamides is 1. The second-order valence-corrected chi connectivity index (χ2v) is 12.6. The fourth-order valence-corrected chi connectivity index (χ4v) is 6.24. The van der Waals surface area contributed by atoms with Gasteiger partial charge in [0.1, 0.15) is 22.8 Å². The van der Waals surface area contributed by atoms with Gasteiger partial charge in [-0.25, -0.2) is 22.2 Å². The van der Waals surface area contributed by atoms with Crippen molar-refractivity contribution < 1.29 is 26.4 Å². The molecule has 3 heterocycles. The predicted octanol–water partition coefficient (Wildman–Crippen LogP) is 3.48. The van der Waals surface area contributed by atoms with Crippen LogP contribution in [0.4, 0.5) is 14.5 Å². The molecule has 40 heavy (non-hydrogen) atoms. The molecule has 0 atom stereocenters. The third kappa shape index (κ3) is 5.30. The van der Waals surface area contributed by atoms with E-state index in [0.29, 0.717) is 48.1 Å². The molecule has 0 N–H and O–H groups in total. The summed E-state index contributed by atoms with van der Waals surface area (Å²) in [6, 6.07) is 7.87. The zero-order valence-electron chi connectivity index (χ0n) is 21.7. The number of fused-ring (bicyclic) bond motifs is 1. The zero-order valence-corrected chi connectivity index (χ0v) is 22.5. The number of hydrogen-bond acceptors (Lipinski definition) is 8. The highest BCUT2D eigenvalue weighted by atomic mass is 32.2. The van der Waals surface area contributed by atoms with E-state index in [2.05, 4.69) is 17.0 Å². The number of rotatable bonds is 8. The quantitative estimate of drug-likeness (QED) is 0.316. The van der Waals surface area contributed by atoms with Crippen molar-refractivity contribution in [1.29, 1.82) is 0 Å². The summed E-state index contributed by atoms with van der Waals surface area (Å²) in [7, 11) is -3.62. The molecule has 1 saturated carbocycles. The molecule has 4 aromatic rings. The number of oxazole rings is 1. The van der Waals surface area contributed by atoms with Crippen LogP contribution in [0.3, 0.4) is 0 Å². The van der Waals surface area contributed by atoms with Gasteiger partial charge in [0.25, 0.3) is 0 Å². The van der Waals surface area contributed by atoms with Crippen molar-refractivity contribution in [2.45, 2.75) is 25.5 Å². The number of hydrogen-bond donors (Lipinski definition) is 0. The molecular formula is C27H27F2N5O5S. The molecule has 210 valence electrons. The van der Waals surface area contributed by atoms with Gasteiger partial charge in [0.15, 0.2) is 12.0 Å². The van der Waals surface area contributed by atoms with E-state index in [1.807, 2.05) is 4.90 Å². The molecule has 0 spiro atoms. The highest BCUT2D eigenvalue weighted by Gasteiger charge is 2.39. The molecule has 1 aliphatic heterocycles. The van der Waals surface area contributed by atoms with Crippen molar-refractivity contribution in [3.8, 4) is 11.4 Å². The molecule has 13 heteroatoms. The Hall–Kier alpha value is -3.84. The second kappa shape index (κ2) is 9.97. The van der Waals surface area contributed by atoms with Crippen LogP contribution in [0.25, 0.3) is 16.8 Å². The Morgan fingerprint density at radius 1 is 1.05 bits per heavy atom.